The second-order valence-corrected chi connectivity index (χ2v) is 3.09. The van der Waals surface area contributed by atoms with E-state index in [1.807, 2.05) is 13.0 Å². The van der Waals surface area contributed by atoms with Crippen LogP contribution in [0.15, 0.2) is 22.3 Å². The number of halogens is 2. The van der Waals surface area contributed by atoms with Crippen molar-refractivity contribution in [3.63, 3.8) is 0 Å². The summed E-state index contributed by atoms with van der Waals surface area (Å²) >= 11 is 11.6. The van der Waals surface area contributed by atoms with Crippen LogP contribution >= 0.6 is 23.2 Å². The Kier molecular flexibility index (Phi) is 3.41. The molecule has 0 atom stereocenters. The van der Waals surface area contributed by atoms with Gasteiger partial charge in [0.25, 0.3) is 0 Å². The van der Waals surface area contributed by atoms with Gasteiger partial charge in [0.15, 0.2) is 0 Å². The van der Waals surface area contributed by atoms with Gasteiger partial charge in [-0.25, -0.2) is 0 Å². The molecule has 1 aromatic rings. The summed E-state index contributed by atoms with van der Waals surface area (Å²) in [6, 6.07) is 3.65. The number of rotatable bonds is 2. The van der Waals surface area contributed by atoms with Crippen LogP contribution < -0.4 is 0 Å². The summed E-state index contributed by atoms with van der Waals surface area (Å²) in [5.41, 5.74) is 1.08. The topological polar surface area (TPSA) is 36.9 Å². The van der Waals surface area contributed by atoms with Gasteiger partial charge in [-0.05, 0) is 24.1 Å². The molecule has 0 saturated carbocycles. The second-order valence-electron chi connectivity index (χ2n) is 2.37. The van der Waals surface area contributed by atoms with E-state index in [4.69, 9.17) is 32.9 Å². The molecule has 1 heterocycles. The SMILES string of the molecule is CC/C(C#N)=C(/Cl)c1ccoc1Cl. The quantitative estimate of drug-likeness (QED) is 0.704. The van der Waals surface area contributed by atoms with Gasteiger partial charge in [-0.3, -0.25) is 0 Å². The number of allylic oxidation sites excluding steroid dienone is 1. The van der Waals surface area contributed by atoms with Crippen molar-refractivity contribution in [1.82, 2.24) is 0 Å². The fourth-order valence-corrected chi connectivity index (χ4v) is 1.48. The van der Waals surface area contributed by atoms with E-state index >= 15 is 0 Å². The van der Waals surface area contributed by atoms with E-state index < -0.39 is 0 Å². The number of hydrogen-bond donors (Lipinski definition) is 0. The van der Waals surface area contributed by atoms with Gasteiger partial charge in [0.1, 0.15) is 0 Å². The van der Waals surface area contributed by atoms with Gasteiger partial charge in [0, 0.05) is 5.57 Å². The minimum atomic E-state index is 0.214. The summed E-state index contributed by atoms with van der Waals surface area (Å²) in [6.45, 7) is 1.86. The van der Waals surface area contributed by atoms with Crippen molar-refractivity contribution in [3.05, 3.63) is 28.7 Å². The van der Waals surface area contributed by atoms with Crippen LogP contribution in [0.25, 0.3) is 5.03 Å². The predicted octanol–water partition coefficient (Wildman–Crippen LogP) is 3.82. The average Bonchev–Trinajstić information content (AvgIpc) is 2.53. The summed E-state index contributed by atoms with van der Waals surface area (Å²) in [5.74, 6) is 0. The maximum Gasteiger partial charge on any atom is 0.201 e. The molecule has 0 saturated heterocycles. The zero-order chi connectivity index (χ0) is 9.84. The first-order chi connectivity index (χ1) is 6.20. The molecule has 13 heavy (non-hydrogen) atoms. The highest BCUT2D eigenvalue weighted by Crippen LogP contribution is 2.30. The fraction of sp³-hybridized carbons (Fsp3) is 0.222. The first-order valence-corrected chi connectivity index (χ1v) is 4.48. The lowest BCUT2D eigenvalue weighted by Gasteiger charge is -1.97. The molecule has 0 radical (unpaired) electrons. The monoisotopic (exact) mass is 215 g/mol. The standard InChI is InChI=1S/C9H7Cl2NO/c1-2-6(5-12)8(10)7-3-4-13-9(7)11/h3-4H,2H2,1H3/b8-6-. The van der Waals surface area contributed by atoms with Crippen molar-refractivity contribution in [2.24, 2.45) is 0 Å². The molecular weight excluding hydrogens is 209 g/mol. The Bertz CT molecular complexity index is 373. The Morgan fingerprint density at radius 2 is 2.38 bits per heavy atom. The van der Waals surface area contributed by atoms with Gasteiger partial charge >= 0.3 is 0 Å². The van der Waals surface area contributed by atoms with Crippen molar-refractivity contribution < 1.29 is 4.42 Å². The zero-order valence-corrected chi connectivity index (χ0v) is 8.49. The molecule has 0 aliphatic rings. The van der Waals surface area contributed by atoms with Crippen molar-refractivity contribution in [2.45, 2.75) is 13.3 Å². The third kappa shape index (κ3) is 2.06. The molecule has 0 aromatic carbocycles. The average molecular weight is 216 g/mol. The Labute approximate surface area is 86.4 Å². The minimum Gasteiger partial charge on any atom is -0.452 e. The van der Waals surface area contributed by atoms with Crippen molar-refractivity contribution in [2.75, 3.05) is 0 Å². The first-order valence-electron chi connectivity index (χ1n) is 3.72. The summed E-state index contributed by atoms with van der Waals surface area (Å²) in [7, 11) is 0. The van der Waals surface area contributed by atoms with Crippen molar-refractivity contribution in [3.8, 4) is 6.07 Å². The second kappa shape index (κ2) is 4.36. The Balaban J connectivity index is 3.17. The van der Waals surface area contributed by atoms with Crippen LogP contribution in [0.3, 0.4) is 0 Å². The molecule has 0 fully saturated rings. The Morgan fingerprint density at radius 1 is 1.69 bits per heavy atom. The molecule has 1 rings (SSSR count). The lowest BCUT2D eigenvalue weighted by molar-refractivity contribution is 0.569. The summed E-state index contributed by atoms with van der Waals surface area (Å²) < 4.78 is 4.86. The molecule has 0 aliphatic heterocycles. The molecule has 0 amide bonds. The highest BCUT2D eigenvalue weighted by Gasteiger charge is 2.11. The summed E-state index contributed by atoms with van der Waals surface area (Å²) in [6.07, 6.45) is 2.02. The molecule has 0 unspecified atom stereocenters. The molecule has 4 heteroatoms. The van der Waals surface area contributed by atoms with Crippen LogP contribution in [0.5, 0.6) is 0 Å². The van der Waals surface area contributed by atoms with Gasteiger partial charge in [-0.15, -0.1) is 0 Å². The van der Waals surface area contributed by atoms with Gasteiger partial charge < -0.3 is 4.42 Å². The van der Waals surface area contributed by atoms with Crippen LogP contribution in [0.1, 0.15) is 18.9 Å². The van der Waals surface area contributed by atoms with Gasteiger partial charge in [-0.1, -0.05) is 18.5 Å². The third-order valence-electron chi connectivity index (χ3n) is 1.61. The van der Waals surface area contributed by atoms with E-state index in [1.165, 1.54) is 6.26 Å². The number of nitriles is 1. The van der Waals surface area contributed by atoms with Crippen LogP contribution in [-0.2, 0) is 0 Å². The molecule has 0 spiro atoms. The van der Waals surface area contributed by atoms with E-state index in [0.717, 1.165) is 0 Å². The molecule has 1 aromatic heterocycles. The van der Waals surface area contributed by atoms with E-state index in [0.29, 0.717) is 22.6 Å². The highest BCUT2D eigenvalue weighted by molar-refractivity contribution is 6.51. The molecule has 2 nitrogen and oxygen atoms in total. The van der Waals surface area contributed by atoms with Crippen LogP contribution in [-0.4, -0.2) is 0 Å². The van der Waals surface area contributed by atoms with Gasteiger partial charge in [0.2, 0.25) is 5.22 Å². The van der Waals surface area contributed by atoms with E-state index in [1.54, 1.807) is 6.07 Å². The maximum atomic E-state index is 8.72. The van der Waals surface area contributed by atoms with E-state index in [2.05, 4.69) is 0 Å². The van der Waals surface area contributed by atoms with Crippen LogP contribution in [0, 0.1) is 11.3 Å². The smallest absolute Gasteiger partial charge is 0.201 e. The van der Waals surface area contributed by atoms with E-state index in [9.17, 15) is 0 Å². The predicted molar refractivity (Wildman–Crippen MR) is 52.4 cm³/mol. The number of hydrogen-bond acceptors (Lipinski definition) is 2. The Hall–Kier alpha value is -0.910. The molecule has 0 aliphatic carbocycles. The van der Waals surface area contributed by atoms with Crippen molar-refractivity contribution >= 4 is 28.2 Å². The van der Waals surface area contributed by atoms with E-state index in [-0.39, 0.29) is 5.22 Å². The lowest BCUT2D eigenvalue weighted by Crippen LogP contribution is -1.81. The normalized spacial score (nSPS) is 12.2. The van der Waals surface area contributed by atoms with Gasteiger partial charge in [0.05, 0.1) is 22.9 Å². The van der Waals surface area contributed by atoms with Crippen molar-refractivity contribution in [1.29, 1.82) is 5.26 Å². The summed E-state index contributed by atoms with van der Waals surface area (Å²) in [4.78, 5) is 0. The minimum absolute atomic E-state index is 0.214. The molecule has 0 N–H and O–H groups in total. The maximum absolute atomic E-state index is 8.72. The highest BCUT2D eigenvalue weighted by atomic mass is 35.5. The zero-order valence-electron chi connectivity index (χ0n) is 6.97. The molecule has 0 bridgehead atoms. The largest absolute Gasteiger partial charge is 0.452 e. The Morgan fingerprint density at radius 3 is 2.77 bits per heavy atom. The van der Waals surface area contributed by atoms with Crippen LogP contribution in [0.2, 0.25) is 5.22 Å². The third-order valence-corrected chi connectivity index (χ3v) is 2.33. The lowest BCUT2D eigenvalue weighted by atomic mass is 10.1. The fourth-order valence-electron chi connectivity index (χ4n) is 0.896. The number of nitrogens with zero attached hydrogens (tertiary/aromatic N) is 1. The number of furan rings is 1. The summed E-state index contributed by atoms with van der Waals surface area (Å²) in [5, 5.41) is 9.30. The molecule has 68 valence electrons. The molecular formula is C9H7Cl2NO. The van der Waals surface area contributed by atoms with Gasteiger partial charge in [-0.2, -0.15) is 5.26 Å². The first kappa shape index (κ1) is 10.2. The van der Waals surface area contributed by atoms with Crippen LogP contribution in [0.4, 0.5) is 0 Å².